The third kappa shape index (κ3) is 4.89. The maximum Gasteiger partial charge on any atom is 0.349 e. The van der Waals surface area contributed by atoms with Crippen molar-refractivity contribution in [1.82, 2.24) is 5.32 Å². The largest absolute Gasteiger partial charge is 0.450 e. The molecule has 5 nitrogen and oxygen atoms in total. The van der Waals surface area contributed by atoms with Gasteiger partial charge in [0.25, 0.3) is 0 Å². The lowest BCUT2D eigenvalue weighted by Gasteiger charge is -2.10. The number of amides is 1. The molecule has 0 radical (unpaired) electrons. The molecule has 1 atom stereocenters. The number of carbonyl (C=O) groups is 3. The number of nitrogens with one attached hydrogen (secondary N) is 1. The second-order valence-corrected chi connectivity index (χ2v) is 7.57. The van der Waals surface area contributed by atoms with Crippen molar-refractivity contribution >= 4 is 51.9 Å². The van der Waals surface area contributed by atoms with E-state index in [0.717, 1.165) is 16.2 Å². The Balaban J connectivity index is 1.96. The molecule has 0 bridgehead atoms. The van der Waals surface area contributed by atoms with E-state index in [9.17, 15) is 14.4 Å². The normalized spacial score (nSPS) is 11.8. The molecule has 0 spiro atoms. The maximum atomic E-state index is 12.3. The predicted octanol–water partition coefficient (Wildman–Crippen LogP) is 3.53. The fourth-order valence-electron chi connectivity index (χ4n) is 1.71. The highest BCUT2D eigenvalue weighted by molar-refractivity contribution is 7.17. The topological polar surface area (TPSA) is 72.5 Å². The van der Waals surface area contributed by atoms with Gasteiger partial charge in [0.15, 0.2) is 6.10 Å². The van der Waals surface area contributed by atoms with E-state index in [4.69, 9.17) is 16.3 Å². The Labute approximate surface area is 146 Å². The summed E-state index contributed by atoms with van der Waals surface area (Å²) in [6.45, 7) is 3.33. The Morgan fingerprint density at radius 3 is 2.48 bits per heavy atom. The van der Waals surface area contributed by atoms with E-state index < -0.39 is 12.1 Å². The van der Waals surface area contributed by atoms with Gasteiger partial charge in [-0.3, -0.25) is 9.59 Å². The molecule has 0 aromatic carbocycles. The number of ether oxygens (including phenoxy) is 1. The smallest absolute Gasteiger partial charge is 0.349 e. The summed E-state index contributed by atoms with van der Waals surface area (Å²) in [5.74, 6) is -0.985. The van der Waals surface area contributed by atoms with Crippen molar-refractivity contribution in [1.29, 1.82) is 0 Å². The quantitative estimate of drug-likeness (QED) is 0.622. The number of hydrogen-bond acceptors (Lipinski definition) is 6. The fraction of sp³-hybridized carbons (Fsp3) is 0.267. The Morgan fingerprint density at radius 1 is 1.17 bits per heavy atom. The van der Waals surface area contributed by atoms with Crippen LogP contribution in [0.15, 0.2) is 24.3 Å². The summed E-state index contributed by atoms with van der Waals surface area (Å²) < 4.78 is 5.66. The molecule has 8 heteroatoms. The Kier molecular flexibility index (Phi) is 5.92. The molecule has 0 saturated heterocycles. The van der Waals surface area contributed by atoms with E-state index in [1.165, 1.54) is 25.2 Å². The number of carbonyl (C=O) groups excluding carboxylic acids is 3. The molecule has 1 amide bonds. The SMILES string of the molecule is CC(=O)NCc1ccc(C(=O)[C@H](C)OC(=O)c2ccc(Cl)s2)s1. The van der Waals surface area contributed by atoms with Crippen LogP contribution in [0.3, 0.4) is 0 Å². The Hall–Kier alpha value is -1.70. The van der Waals surface area contributed by atoms with Gasteiger partial charge >= 0.3 is 5.97 Å². The number of ketones is 1. The van der Waals surface area contributed by atoms with Crippen molar-refractivity contribution in [3.63, 3.8) is 0 Å². The van der Waals surface area contributed by atoms with Gasteiger partial charge < -0.3 is 10.1 Å². The molecule has 0 unspecified atom stereocenters. The van der Waals surface area contributed by atoms with Crippen LogP contribution in [0, 0.1) is 0 Å². The summed E-state index contributed by atoms with van der Waals surface area (Å²) in [5.41, 5.74) is 0. The maximum absolute atomic E-state index is 12.3. The summed E-state index contributed by atoms with van der Waals surface area (Å²) in [5, 5.41) is 2.66. The average Bonchev–Trinajstić information content (AvgIpc) is 3.13. The van der Waals surface area contributed by atoms with Crippen LogP contribution in [0.1, 0.15) is 38.1 Å². The number of hydrogen-bond donors (Lipinski definition) is 1. The first-order valence-corrected chi connectivity index (χ1v) is 8.71. The Bertz CT molecular complexity index is 737. The number of thiophene rings is 2. The third-order valence-corrected chi connectivity index (χ3v) is 5.15. The van der Waals surface area contributed by atoms with Crippen molar-refractivity contribution in [2.45, 2.75) is 26.5 Å². The monoisotopic (exact) mass is 371 g/mol. The molecule has 1 N–H and O–H groups in total. The molecule has 122 valence electrons. The zero-order chi connectivity index (χ0) is 17.0. The van der Waals surface area contributed by atoms with Gasteiger partial charge in [0, 0.05) is 11.8 Å². The van der Waals surface area contributed by atoms with Crippen LogP contribution in [0.5, 0.6) is 0 Å². The molecule has 0 aliphatic carbocycles. The van der Waals surface area contributed by atoms with Crippen molar-refractivity contribution in [2.24, 2.45) is 0 Å². The molecule has 0 saturated carbocycles. The van der Waals surface area contributed by atoms with Crippen molar-refractivity contribution in [2.75, 3.05) is 0 Å². The Morgan fingerprint density at radius 2 is 1.87 bits per heavy atom. The minimum atomic E-state index is -0.893. The highest BCUT2D eigenvalue weighted by Crippen LogP contribution is 2.23. The molecule has 2 rings (SSSR count). The third-order valence-electron chi connectivity index (χ3n) is 2.84. The van der Waals surface area contributed by atoms with Crippen molar-refractivity contribution in [3.8, 4) is 0 Å². The average molecular weight is 372 g/mol. The summed E-state index contributed by atoms with van der Waals surface area (Å²) in [7, 11) is 0. The number of esters is 1. The molecule has 0 fully saturated rings. The molecular formula is C15H14ClNO4S2. The van der Waals surface area contributed by atoms with E-state index in [1.807, 2.05) is 0 Å². The number of halogens is 1. The first-order valence-electron chi connectivity index (χ1n) is 6.70. The van der Waals surface area contributed by atoms with Gasteiger partial charge in [0.05, 0.1) is 15.8 Å². The highest BCUT2D eigenvalue weighted by Gasteiger charge is 2.22. The lowest BCUT2D eigenvalue weighted by Crippen LogP contribution is -2.23. The predicted molar refractivity (Wildman–Crippen MR) is 90.4 cm³/mol. The van der Waals surface area contributed by atoms with Gasteiger partial charge in [-0.25, -0.2) is 4.79 Å². The summed E-state index contributed by atoms with van der Waals surface area (Å²) >= 11 is 8.13. The number of Topliss-reactive ketones (excluding diaryl/α,β-unsaturated/α-hetero) is 1. The first kappa shape index (κ1) is 17.7. The lowest BCUT2D eigenvalue weighted by atomic mass is 10.2. The highest BCUT2D eigenvalue weighted by atomic mass is 35.5. The number of rotatable bonds is 6. The van der Waals surface area contributed by atoms with Crippen LogP contribution in [-0.2, 0) is 16.1 Å². The fourth-order valence-corrected chi connectivity index (χ4v) is 3.61. The van der Waals surface area contributed by atoms with Crippen LogP contribution >= 0.6 is 34.3 Å². The van der Waals surface area contributed by atoms with Gasteiger partial charge in [0.2, 0.25) is 11.7 Å². The molecular weight excluding hydrogens is 358 g/mol. The van der Waals surface area contributed by atoms with Gasteiger partial charge in [-0.15, -0.1) is 22.7 Å². The molecule has 2 aromatic heterocycles. The first-order chi connectivity index (χ1) is 10.9. The molecule has 0 aliphatic rings. The molecule has 23 heavy (non-hydrogen) atoms. The minimum absolute atomic E-state index is 0.136. The minimum Gasteiger partial charge on any atom is -0.450 e. The van der Waals surface area contributed by atoms with Crippen LogP contribution in [0.2, 0.25) is 4.34 Å². The van der Waals surface area contributed by atoms with Gasteiger partial charge in [-0.1, -0.05) is 11.6 Å². The zero-order valence-corrected chi connectivity index (χ0v) is 14.8. The van der Waals surface area contributed by atoms with Gasteiger partial charge in [-0.05, 0) is 31.2 Å². The van der Waals surface area contributed by atoms with Crippen LogP contribution < -0.4 is 5.32 Å². The zero-order valence-electron chi connectivity index (χ0n) is 12.4. The van der Waals surface area contributed by atoms with E-state index in [1.54, 1.807) is 24.3 Å². The van der Waals surface area contributed by atoms with E-state index in [-0.39, 0.29) is 11.7 Å². The molecule has 2 aromatic rings. The van der Waals surface area contributed by atoms with E-state index in [2.05, 4.69) is 5.32 Å². The standard InChI is InChI=1S/C15H14ClNO4S2/c1-8(21-15(20)12-5-6-13(16)23-12)14(19)11-4-3-10(22-11)7-17-9(2)18/h3-6,8H,7H2,1-2H3,(H,17,18)/t8-/m0/s1. The summed E-state index contributed by atoms with van der Waals surface area (Å²) in [4.78, 5) is 36.8. The second kappa shape index (κ2) is 7.72. The van der Waals surface area contributed by atoms with Crippen LogP contribution in [0.25, 0.3) is 0 Å². The van der Waals surface area contributed by atoms with E-state index in [0.29, 0.717) is 20.6 Å². The second-order valence-electron chi connectivity index (χ2n) is 4.69. The van der Waals surface area contributed by atoms with Gasteiger partial charge in [0.1, 0.15) is 4.88 Å². The van der Waals surface area contributed by atoms with E-state index >= 15 is 0 Å². The lowest BCUT2D eigenvalue weighted by molar-refractivity contribution is -0.119. The molecule has 2 heterocycles. The van der Waals surface area contributed by atoms with Crippen LogP contribution in [0.4, 0.5) is 0 Å². The summed E-state index contributed by atoms with van der Waals surface area (Å²) in [6, 6.07) is 6.59. The van der Waals surface area contributed by atoms with Gasteiger partial charge in [-0.2, -0.15) is 0 Å². The molecule has 0 aliphatic heterocycles. The van der Waals surface area contributed by atoms with Crippen molar-refractivity contribution < 1.29 is 19.1 Å². The van der Waals surface area contributed by atoms with Crippen molar-refractivity contribution in [3.05, 3.63) is 43.2 Å². The summed E-state index contributed by atoms with van der Waals surface area (Å²) in [6.07, 6.45) is -0.893. The van der Waals surface area contributed by atoms with Crippen LogP contribution in [-0.4, -0.2) is 23.8 Å².